The van der Waals surface area contributed by atoms with Gasteiger partial charge in [-0.25, -0.2) is 4.98 Å². The van der Waals surface area contributed by atoms with E-state index in [-0.39, 0.29) is 5.91 Å². The van der Waals surface area contributed by atoms with Crippen LogP contribution in [-0.4, -0.2) is 55.2 Å². The maximum absolute atomic E-state index is 12.5. The maximum Gasteiger partial charge on any atom is 0.222 e. The summed E-state index contributed by atoms with van der Waals surface area (Å²) in [4.78, 5) is 21.0. The number of ether oxygens (including phenoxy) is 2. The molecule has 1 saturated heterocycles. The minimum Gasteiger partial charge on any atom is -0.490 e. The molecule has 0 spiro atoms. The number of nitrogens with zero attached hydrogens (tertiary/aromatic N) is 3. The van der Waals surface area contributed by atoms with Gasteiger partial charge >= 0.3 is 0 Å². The molecule has 150 valence electrons. The second-order valence-corrected chi connectivity index (χ2v) is 7.45. The lowest BCUT2D eigenvalue weighted by Gasteiger charge is -2.35. The Morgan fingerprint density at radius 3 is 2.43 bits per heavy atom. The summed E-state index contributed by atoms with van der Waals surface area (Å²) in [6, 6.07) is 11.6. The molecule has 1 amide bonds. The van der Waals surface area contributed by atoms with E-state index < -0.39 is 0 Å². The molecule has 2 heterocycles. The summed E-state index contributed by atoms with van der Waals surface area (Å²) in [6.07, 6.45) is 2.98. The molecule has 7 heteroatoms. The molecule has 0 radical (unpaired) electrons. The fourth-order valence-corrected chi connectivity index (χ4v) is 3.38. The molecule has 0 unspecified atom stereocenters. The van der Waals surface area contributed by atoms with Crippen LogP contribution in [0.2, 0.25) is 0 Å². The number of para-hydroxylation sites is 2. The largest absolute Gasteiger partial charge is 0.490 e. The monoisotopic (exact) mass is 447 g/mol. The number of pyridine rings is 1. The van der Waals surface area contributed by atoms with Crippen molar-refractivity contribution in [2.24, 2.45) is 0 Å². The maximum atomic E-state index is 12.5. The van der Waals surface area contributed by atoms with Crippen LogP contribution < -0.4 is 14.4 Å². The first-order valence-electron chi connectivity index (χ1n) is 9.66. The summed E-state index contributed by atoms with van der Waals surface area (Å²) in [7, 11) is 0. The average molecular weight is 448 g/mol. The number of piperazine rings is 1. The highest BCUT2D eigenvalue weighted by molar-refractivity contribution is 9.10. The average Bonchev–Trinajstić information content (AvgIpc) is 2.73. The van der Waals surface area contributed by atoms with Crippen LogP contribution >= 0.6 is 15.9 Å². The van der Waals surface area contributed by atoms with Crippen molar-refractivity contribution in [3.05, 3.63) is 47.1 Å². The fraction of sp³-hybridized carbons (Fsp3) is 0.429. The molecule has 1 fully saturated rings. The van der Waals surface area contributed by atoms with Gasteiger partial charge in [0.25, 0.3) is 0 Å². The van der Waals surface area contributed by atoms with Gasteiger partial charge in [0.05, 0.1) is 13.2 Å². The third-order valence-electron chi connectivity index (χ3n) is 4.61. The van der Waals surface area contributed by atoms with Gasteiger partial charge in [-0.05, 0) is 53.5 Å². The molecule has 0 N–H and O–H groups in total. The first-order chi connectivity index (χ1) is 13.7. The normalized spacial score (nSPS) is 14.1. The Morgan fingerprint density at radius 2 is 1.79 bits per heavy atom. The molecule has 1 aromatic heterocycles. The molecule has 0 bridgehead atoms. The molecular weight excluding hydrogens is 422 g/mol. The predicted molar refractivity (Wildman–Crippen MR) is 113 cm³/mol. The van der Waals surface area contributed by atoms with Crippen LogP contribution in [0.15, 0.2) is 47.1 Å². The second-order valence-electron chi connectivity index (χ2n) is 6.53. The van der Waals surface area contributed by atoms with E-state index in [1.807, 2.05) is 48.2 Å². The van der Waals surface area contributed by atoms with Gasteiger partial charge in [0, 0.05) is 43.3 Å². The van der Waals surface area contributed by atoms with Crippen molar-refractivity contribution in [1.82, 2.24) is 9.88 Å². The number of hydrogen-bond donors (Lipinski definition) is 0. The Balaban J connectivity index is 1.38. The number of halogens is 1. The lowest BCUT2D eigenvalue weighted by atomic mass is 10.2. The smallest absolute Gasteiger partial charge is 0.222 e. The van der Waals surface area contributed by atoms with Crippen molar-refractivity contribution < 1.29 is 14.3 Å². The number of aromatic nitrogens is 1. The number of carbonyl (C=O) groups excluding carboxylic acids is 1. The minimum absolute atomic E-state index is 0.185. The van der Waals surface area contributed by atoms with Gasteiger partial charge in [-0.1, -0.05) is 12.1 Å². The molecule has 1 aromatic carbocycles. The van der Waals surface area contributed by atoms with Crippen LogP contribution in [0.5, 0.6) is 11.5 Å². The number of benzene rings is 1. The van der Waals surface area contributed by atoms with E-state index in [1.165, 1.54) is 0 Å². The van der Waals surface area contributed by atoms with Gasteiger partial charge in [-0.15, -0.1) is 0 Å². The molecule has 28 heavy (non-hydrogen) atoms. The van der Waals surface area contributed by atoms with Gasteiger partial charge in [-0.2, -0.15) is 0 Å². The number of anilines is 1. The van der Waals surface area contributed by atoms with Crippen LogP contribution in [0, 0.1) is 0 Å². The van der Waals surface area contributed by atoms with Crippen molar-refractivity contribution in [1.29, 1.82) is 0 Å². The van der Waals surface area contributed by atoms with Gasteiger partial charge in [0.2, 0.25) is 5.91 Å². The van der Waals surface area contributed by atoms with E-state index in [1.54, 1.807) is 6.20 Å². The van der Waals surface area contributed by atoms with Crippen LogP contribution in [0.4, 0.5) is 5.82 Å². The lowest BCUT2D eigenvalue weighted by Crippen LogP contribution is -2.49. The standard InChI is InChI=1S/C21H26BrN3O3/c1-2-27-18-6-3-4-7-19(18)28-15-5-8-21(26)25-13-11-24(12-14-25)20-10-9-17(22)16-23-20/h3-4,6-7,9-10,16H,2,5,8,11-15H2,1H3. The van der Waals surface area contributed by atoms with E-state index in [9.17, 15) is 4.79 Å². The van der Waals surface area contributed by atoms with E-state index in [4.69, 9.17) is 9.47 Å². The minimum atomic E-state index is 0.185. The number of rotatable bonds is 8. The van der Waals surface area contributed by atoms with E-state index in [0.717, 1.165) is 48.0 Å². The van der Waals surface area contributed by atoms with Gasteiger partial charge in [-0.3, -0.25) is 4.79 Å². The molecular formula is C21H26BrN3O3. The molecule has 6 nitrogen and oxygen atoms in total. The zero-order valence-corrected chi connectivity index (χ0v) is 17.7. The van der Waals surface area contributed by atoms with Crippen molar-refractivity contribution in [2.45, 2.75) is 19.8 Å². The molecule has 1 aliphatic heterocycles. The molecule has 2 aromatic rings. The highest BCUT2D eigenvalue weighted by Gasteiger charge is 2.21. The number of amides is 1. The summed E-state index contributed by atoms with van der Waals surface area (Å²) >= 11 is 3.40. The quantitative estimate of drug-likeness (QED) is 0.576. The van der Waals surface area contributed by atoms with Crippen molar-refractivity contribution in [2.75, 3.05) is 44.3 Å². The molecule has 3 rings (SSSR count). The van der Waals surface area contributed by atoms with Crippen molar-refractivity contribution >= 4 is 27.7 Å². The molecule has 0 aliphatic carbocycles. The van der Waals surface area contributed by atoms with Gasteiger partial charge < -0.3 is 19.3 Å². The van der Waals surface area contributed by atoms with Crippen LogP contribution in [-0.2, 0) is 4.79 Å². The van der Waals surface area contributed by atoms with Gasteiger partial charge in [0.1, 0.15) is 5.82 Å². The first-order valence-corrected chi connectivity index (χ1v) is 10.5. The SMILES string of the molecule is CCOc1ccccc1OCCCC(=O)N1CCN(c2ccc(Br)cn2)CC1. The molecule has 1 aliphatic rings. The fourth-order valence-electron chi connectivity index (χ4n) is 3.15. The highest BCUT2D eigenvalue weighted by atomic mass is 79.9. The summed E-state index contributed by atoms with van der Waals surface area (Å²) in [5.41, 5.74) is 0. The zero-order chi connectivity index (χ0) is 19.8. The van der Waals surface area contributed by atoms with E-state index in [0.29, 0.717) is 26.1 Å². The third kappa shape index (κ3) is 5.61. The van der Waals surface area contributed by atoms with Crippen LogP contribution in [0.25, 0.3) is 0 Å². The van der Waals surface area contributed by atoms with Crippen LogP contribution in [0.3, 0.4) is 0 Å². The number of hydrogen-bond acceptors (Lipinski definition) is 5. The lowest BCUT2D eigenvalue weighted by molar-refractivity contribution is -0.131. The molecule has 0 atom stereocenters. The Labute approximate surface area is 174 Å². The second kappa shape index (κ2) is 10.3. The predicted octanol–water partition coefficient (Wildman–Crippen LogP) is 3.75. The summed E-state index contributed by atoms with van der Waals surface area (Å²) in [5, 5.41) is 0. The zero-order valence-electron chi connectivity index (χ0n) is 16.1. The summed E-state index contributed by atoms with van der Waals surface area (Å²) in [5.74, 6) is 2.61. The van der Waals surface area contributed by atoms with E-state index >= 15 is 0 Å². The van der Waals surface area contributed by atoms with E-state index in [2.05, 4.69) is 25.8 Å². The Kier molecular flexibility index (Phi) is 7.54. The highest BCUT2D eigenvalue weighted by Crippen LogP contribution is 2.26. The van der Waals surface area contributed by atoms with Crippen molar-refractivity contribution in [3.63, 3.8) is 0 Å². The Hall–Kier alpha value is -2.28. The molecule has 0 saturated carbocycles. The first kappa shape index (κ1) is 20.5. The van der Waals surface area contributed by atoms with Gasteiger partial charge in [0.15, 0.2) is 11.5 Å². The topological polar surface area (TPSA) is 54.9 Å². The number of carbonyl (C=O) groups is 1. The third-order valence-corrected chi connectivity index (χ3v) is 5.08. The summed E-state index contributed by atoms with van der Waals surface area (Å²) < 4.78 is 12.3. The Bertz CT molecular complexity index is 762. The Morgan fingerprint density at radius 1 is 1.07 bits per heavy atom. The summed E-state index contributed by atoms with van der Waals surface area (Å²) in [6.45, 7) is 6.10. The van der Waals surface area contributed by atoms with Crippen molar-refractivity contribution in [3.8, 4) is 11.5 Å². The van der Waals surface area contributed by atoms with Crippen LogP contribution in [0.1, 0.15) is 19.8 Å².